The highest BCUT2D eigenvalue weighted by Gasteiger charge is 2.43. The SMILES string of the molecule is Cc1ccc(C)c(C2NC(=O)N(CC(=O)Nc3ccc(C(C)C)cc3)C3=C2C(=O)OC3)c1. The van der Waals surface area contributed by atoms with Gasteiger partial charge in [0.05, 0.1) is 17.3 Å². The van der Waals surface area contributed by atoms with Crippen LogP contribution in [0.1, 0.15) is 48.1 Å². The lowest BCUT2D eigenvalue weighted by Gasteiger charge is -2.33. The number of nitrogens with zero attached hydrogens (tertiary/aromatic N) is 1. The summed E-state index contributed by atoms with van der Waals surface area (Å²) >= 11 is 0. The van der Waals surface area contributed by atoms with Crippen molar-refractivity contribution in [2.75, 3.05) is 18.5 Å². The lowest BCUT2D eigenvalue weighted by molar-refractivity contribution is -0.136. The molecule has 2 aromatic carbocycles. The van der Waals surface area contributed by atoms with Crippen LogP contribution in [-0.4, -0.2) is 36.0 Å². The number of aryl methyl sites for hydroxylation is 2. The minimum absolute atomic E-state index is 0.0285. The van der Waals surface area contributed by atoms with E-state index in [0.717, 1.165) is 16.7 Å². The maximum atomic E-state index is 13.0. The van der Waals surface area contributed by atoms with Gasteiger partial charge in [0.25, 0.3) is 0 Å². The molecule has 32 heavy (non-hydrogen) atoms. The molecule has 0 fully saturated rings. The maximum Gasteiger partial charge on any atom is 0.338 e. The van der Waals surface area contributed by atoms with Crippen molar-refractivity contribution in [3.63, 3.8) is 0 Å². The van der Waals surface area contributed by atoms with E-state index in [-0.39, 0.29) is 19.1 Å². The van der Waals surface area contributed by atoms with Gasteiger partial charge in [-0.3, -0.25) is 9.69 Å². The van der Waals surface area contributed by atoms with Crippen LogP contribution in [0.2, 0.25) is 0 Å². The third-order valence-electron chi connectivity index (χ3n) is 5.91. The minimum Gasteiger partial charge on any atom is -0.456 e. The van der Waals surface area contributed by atoms with Gasteiger partial charge in [0.1, 0.15) is 13.2 Å². The van der Waals surface area contributed by atoms with Crippen LogP contribution in [-0.2, 0) is 14.3 Å². The Morgan fingerprint density at radius 3 is 2.56 bits per heavy atom. The number of hydrogen-bond acceptors (Lipinski definition) is 4. The zero-order valence-corrected chi connectivity index (χ0v) is 18.7. The van der Waals surface area contributed by atoms with Crippen molar-refractivity contribution in [3.05, 3.63) is 76.0 Å². The van der Waals surface area contributed by atoms with E-state index in [1.54, 1.807) is 0 Å². The van der Waals surface area contributed by atoms with Crippen LogP contribution in [0, 0.1) is 13.8 Å². The number of urea groups is 1. The second-order valence-electron chi connectivity index (χ2n) is 8.59. The minimum atomic E-state index is -0.602. The Balaban J connectivity index is 1.57. The molecule has 3 amide bonds. The van der Waals surface area contributed by atoms with Crippen LogP contribution in [0.15, 0.2) is 53.7 Å². The van der Waals surface area contributed by atoms with Gasteiger partial charge in [-0.2, -0.15) is 0 Å². The van der Waals surface area contributed by atoms with E-state index in [2.05, 4.69) is 24.5 Å². The molecule has 4 rings (SSSR count). The summed E-state index contributed by atoms with van der Waals surface area (Å²) < 4.78 is 5.26. The fourth-order valence-corrected chi connectivity index (χ4v) is 4.08. The average molecular weight is 434 g/mol. The van der Waals surface area contributed by atoms with Crippen molar-refractivity contribution in [2.24, 2.45) is 0 Å². The van der Waals surface area contributed by atoms with E-state index < -0.39 is 18.0 Å². The van der Waals surface area contributed by atoms with Crippen LogP contribution in [0.5, 0.6) is 0 Å². The molecule has 2 aliphatic rings. The van der Waals surface area contributed by atoms with Crippen LogP contribution < -0.4 is 10.6 Å². The largest absolute Gasteiger partial charge is 0.456 e. The van der Waals surface area contributed by atoms with E-state index in [1.807, 2.05) is 56.3 Å². The summed E-state index contributed by atoms with van der Waals surface area (Å²) in [7, 11) is 0. The zero-order chi connectivity index (χ0) is 23.0. The Bertz CT molecular complexity index is 1120. The summed E-state index contributed by atoms with van der Waals surface area (Å²) in [6, 6.07) is 12.5. The number of carbonyl (C=O) groups is 3. The first kappa shape index (κ1) is 21.6. The number of rotatable bonds is 5. The number of amides is 3. The molecular formula is C25H27N3O4. The second-order valence-corrected chi connectivity index (χ2v) is 8.59. The first-order valence-corrected chi connectivity index (χ1v) is 10.7. The molecule has 0 aromatic heterocycles. The smallest absolute Gasteiger partial charge is 0.338 e. The maximum absolute atomic E-state index is 13.0. The molecule has 0 bridgehead atoms. The fourth-order valence-electron chi connectivity index (χ4n) is 4.08. The van der Waals surface area contributed by atoms with Gasteiger partial charge in [-0.05, 0) is 48.6 Å². The lowest BCUT2D eigenvalue weighted by atomic mass is 9.91. The molecule has 0 saturated carbocycles. The molecule has 2 N–H and O–H groups in total. The number of cyclic esters (lactones) is 1. The monoisotopic (exact) mass is 433 g/mol. The molecule has 0 spiro atoms. The number of nitrogens with one attached hydrogen (secondary N) is 2. The molecule has 1 unspecified atom stereocenters. The molecule has 2 aliphatic heterocycles. The van der Waals surface area contributed by atoms with E-state index in [1.165, 1.54) is 10.5 Å². The predicted octanol–water partition coefficient (Wildman–Crippen LogP) is 3.94. The first-order chi connectivity index (χ1) is 15.2. The molecule has 2 aromatic rings. The Hall–Kier alpha value is -3.61. The van der Waals surface area contributed by atoms with Gasteiger partial charge in [0.15, 0.2) is 0 Å². The third kappa shape index (κ3) is 4.10. The number of hydrogen-bond donors (Lipinski definition) is 2. The van der Waals surface area contributed by atoms with Crippen molar-refractivity contribution < 1.29 is 19.1 Å². The highest BCUT2D eigenvalue weighted by molar-refractivity contribution is 6.00. The van der Waals surface area contributed by atoms with E-state index in [0.29, 0.717) is 22.9 Å². The normalized spacial score (nSPS) is 17.9. The molecule has 0 radical (unpaired) electrons. The summed E-state index contributed by atoms with van der Waals surface area (Å²) in [5, 5.41) is 5.71. The van der Waals surface area contributed by atoms with Crippen molar-refractivity contribution in [3.8, 4) is 0 Å². The van der Waals surface area contributed by atoms with Crippen molar-refractivity contribution in [1.29, 1.82) is 0 Å². The third-order valence-corrected chi connectivity index (χ3v) is 5.91. The van der Waals surface area contributed by atoms with Gasteiger partial charge in [-0.15, -0.1) is 0 Å². The molecule has 166 valence electrons. The van der Waals surface area contributed by atoms with Gasteiger partial charge < -0.3 is 15.4 Å². The summed E-state index contributed by atoms with van der Waals surface area (Å²) in [5.74, 6) is -0.429. The molecule has 7 heteroatoms. The number of anilines is 1. The topological polar surface area (TPSA) is 87.7 Å². The molecule has 0 aliphatic carbocycles. The lowest BCUT2D eigenvalue weighted by Crippen LogP contribution is -2.49. The average Bonchev–Trinajstić information content (AvgIpc) is 3.13. The van der Waals surface area contributed by atoms with E-state index in [9.17, 15) is 14.4 Å². The van der Waals surface area contributed by atoms with E-state index in [4.69, 9.17) is 4.74 Å². The number of carbonyl (C=O) groups excluding carboxylic acids is 3. The van der Waals surface area contributed by atoms with Gasteiger partial charge in [-0.25, -0.2) is 9.59 Å². The van der Waals surface area contributed by atoms with E-state index >= 15 is 0 Å². The quantitative estimate of drug-likeness (QED) is 0.699. The van der Waals surface area contributed by atoms with Gasteiger partial charge in [-0.1, -0.05) is 49.7 Å². The fraction of sp³-hybridized carbons (Fsp3) is 0.320. The van der Waals surface area contributed by atoms with Crippen molar-refractivity contribution >= 4 is 23.6 Å². The summed E-state index contributed by atoms with van der Waals surface area (Å²) in [5.41, 5.74) is 5.48. The van der Waals surface area contributed by atoms with Crippen LogP contribution >= 0.6 is 0 Å². The Morgan fingerprint density at radius 1 is 1.16 bits per heavy atom. The molecular weight excluding hydrogens is 406 g/mol. The zero-order valence-electron chi connectivity index (χ0n) is 18.7. The summed E-state index contributed by atoms with van der Waals surface area (Å²) in [6.45, 7) is 7.85. The van der Waals surface area contributed by atoms with Crippen LogP contribution in [0.25, 0.3) is 0 Å². The highest BCUT2D eigenvalue weighted by atomic mass is 16.5. The summed E-state index contributed by atoms with van der Waals surface area (Å²) in [6.07, 6.45) is 0. The molecule has 2 heterocycles. The standard InChI is InChI=1S/C25H27N3O4/c1-14(2)17-7-9-18(10-8-17)26-21(29)12-28-20-13-32-24(30)22(20)23(27-25(28)31)19-11-15(3)5-6-16(19)4/h5-11,14,23H,12-13H2,1-4H3,(H,26,29)(H,27,31). The van der Waals surface area contributed by atoms with Gasteiger partial charge >= 0.3 is 12.0 Å². The van der Waals surface area contributed by atoms with Crippen molar-refractivity contribution in [1.82, 2.24) is 10.2 Å². The molecule has 1 atom stereocenters. The van der Waals surface area contributed by atoms with Gasteiger partial charge in [0, 0.05) is 5.69 Å². The van der Waals surface area contributed by atoms with Crippen LogP contribution in [0.4, 0.5) is 10.5 Å². The first-order valence-electron chi connectivity index (χ1n) is 10.7. The predicted molar refractivity (Wildman–Crippen MR) is 121 cm³/mol. The number of ether oxygens (including phenoxy) is 1. The Kier molecular flexibility index (Phi) is 5.74. The second kappa shape index (κ2) is 8.49. The highest BCUT2D eigenvalue weighted by Crippen LogP contribution is 2.36. The van der Waals surface area contributed by atoms with Gasteiger partial charge in [0.2, 0.25) is 5.91 Å². The molecule has 7 nitrogen and oxygen atoms in total. The Morgan fingerprint density at radius 2 is 1.88 bits per heavy atom. The Labute approximate surface area is 187 Å². The van der Waals surface area contributed by atoms with Crippen molar-refractivity contribution in [2.45, 2.75) is 39.7 Å². The summed E-state index contributed by atoms with van der Waals surface area (Å²) in [4.78, 5) is 39.5. The van der Waals surface area contributed by atoms with Crippen LogP contribution in [0.3, 0.4) is 0 Å². The number of esters is 1. The number of benzene rings is 2. The molecule has 0 saturated heterocycles.